The monoisotopic (exact) mass is 344 g/mol. The lowest BCUT2D eigenvalue weighted by Gasteiger charge is -2.06. The molecule has 0 aliphatic rings. The van der Waals surface area contributed by atoms with Crippen LogP contribution in [0.1, 0.15) is 25.3 Å². The van der Waals surface area contributed by atoms with Crippen LogP contribution in [-0.2, 0) is 4.79 Å². The van der Waals surface area contributed by atoms with Crippen molar-refractivity contribution < 1.29 is 13.9 Å². The topological polar surface area (TPSA) is 51.2 Å². The number of hydrogen-bond donors (Lipinski definition) is 1. The van der Waals surface area contributed by atoms with Gasteiger partial charge in [-0.2, -0.15) is 0 Å². The van der Waals surface area contributed by atoms with Crippen molar-refractivity contribution in [2.45, 2.75) is 19.8 Å². The van der Waals surface area contributed by atoms with E-state index in [0.717, 1.165) is 15.8 Å². The predicted molar refractivity (Wildman–Crippen MR) is 94.2 cm³/mol. The minimum Gasteiger partial charge on any atom is -0.481 e. The quantitative estimate of drug-likeness (QED) is 0.737. The smallest absolute Gasteiger partial charge is 0.264 e. The number of nitrogens with one attached hydrogen (secondary N) is 1. The molecule has 1 N–H and O–H groups in total. The number of nitrogens with zero attached hydrogens (tertiary/aromatic N) is 1. The van der Waals surface area contributed by atoms with Gasteiger partial charge in [0.1, 0.15) is 0 Å². The number of aromatic nitrogens is 1. The molecule has 1 aromatic heterocycles. The molecule has 0 unspecified atom stereocenters. The third-order valence-electron chi connectivity index (χ3n) is 3.51. The first-order valence-electron chi connectivity index (χ1n) is 7.61. The number of fused-ring (bicyclic) bond motifs is 1. The van der Waals surface area contributed by atoms with Gasteiger partial charge in [-0.15, -0.1) is 0 Å². The van der Waals surface area contributed by atoms with Gasteiger partial charge in [0.05, 0.1) is 10.2 Å². The number of benzene rings is 2. The van der Waals surface area contributed by atoms with Gasteiger partial charge in [-0.3, -0.25) is 10.1 Å². The van der Waals surface area contributed by atoms with Crippen LogP contribution in [0.25, 0.3) is 10.2 Å². The van der Waals surface area contributed by atoms with E-state index in [1.54, 1.807) is 12.1 Å². The van der Waals surface area contributed by atoms with Crippen LogP contribution in [-0.4, -0.2) is 17.5 Å². The average Bonchev–Trinajstić information content (AvgIpc) is 2.96. The summed E-state index contributed by atoms with van der Waals surface area (Å²) in [5, 5.41) is 3.22. The minimum atomic E-state index is -0.494. The summed E-state index contributed by atoms with van der Waals surface area (Å²) in [5.41, 5.74) is 2.05. The van der Waals surface area contributed by atoms with Gasteiger partial charge in [0.15, 0.2) is 23.3 Å². The van der Waals surface area contributed by atoms with Crippen LogP contribution < -0.4 is 10.1 Å². The van der Waals surface area contributed by atoms with Gasteiger partial charge in [-0.1, -0.05) is 49.4 Å². The highest BCUT2D eigenvalue weighted by Gasteiger charge is 2.13. The summed E-state index contributed by atoms with van der Waals surface area (Å²) >= 11 is 1.41. The number of ether oxygens (including phenoxy) is 1. The molecule has 6 heteroatoms. The van der Waals surface area contributed by atoms with Gasteiger partial charge in [-0.05, 0) is 29.7 Å². The van der Waals surface area contributed by atoms with Crippen LogP contribution >= 0.6 is 11.3 Å². The molecule has 0 saturated heterocycles. The molecule has 0 atom stereocenters. The van der Waals surface area contributed by atoms with Crippen LogP contribution in [0.3, 0.4) is 0 Å². The standard InChI is InChI=1S/C18H17FN2O2S/c1-11(2)12-6-5-9-15-17(12)21-18(24-15)20-16(22)10-23-14-8-4-3-7-13(14)19/h3-9,11H,10H2,1-2H3,(H,20,21,22). The Morgan fingerprint density at radius 1 is 1.25 bits per heavy atom. The molecule has 0 radical (unpaired) electrons. The first-order valence-corrected chi connectivity index (χ1v) is 8.43. The molecule has 0 fully saturated rings. The number of rotatable bonds is 5. The zero-order valence-corrected chi connectivity index (χ0v) is 14.2. The Balaban J connectivity index is 1.69. The molecule has 0 spiro atoms. The van der Waals surface area contributed by atoms with E-state index in [-0.39, 0.29) is 18.3 Å². The number of anilines is 1. The highest BCUT2D eigenvalue weighted by Crippen LogP contribution is 2.31. The molecular weight excluding hydrogens is 327 g/mol. The average molecular weight is 344 g/mol. The first-order chi connectivity index (χ1) is 11.5. The number of hydrogen-bond acceptors (Lipinski definition) is 4. The lowest BCUT2D eigenvalue weighted by atomic mass is 10.0. The minimum absolute atomic E-state index is 0.0547. The van der Waals surface area contributed by atoms with Crippen molar-refractivity contribution in [3.63, 3.8) is 0 Å². The SMILES string of the molecule is CC(C)c1cccc2sc(NC(=O)COc3ccccc3F)nc12. The largest absolute Gasteiger partial charge is 0.481 e. The zero-order chi connectivity index (χ0) is 17.1. The van der Waals surface area contributed by atoms with Crippen molar-refractivity contribution >= 4 is 32.6 Å². The third kappa shape index (κ3) is 3.54. The highest BCUT2D eigenvalue weighted by molar-refractivity contribution is 7.22. The fraction of sp³-hybridized carbons (Fsp3) is 0.222. The Labute approximate surface area is 143 Å². The molecule has 0 bridgehead atoms. The maximum Gasteiger partial charge on any atom is 0.264 e. The molecule has 1 heterocycles. The summed E-state index contributed by atoms with van der Waals surface area (Å²) in [6.07, 6.45) is 0. The van der Waals surface area contributed by atoms with E-state index in [2.05, 4.69) is 24.1 Å². The maximum atomic E-state index is 13.5. The van der Waals surface area contributed by atoms with E-state index in [1.807, 2.05) is 18.2 Å². The number of para-hydroxylation sites is 2. The second-order valence-corrected chi connectivity index (χ2v) is 6.67. The summed E-state index contributed by atoms with van der Waals surface area (Å²) in [6, 6.07) is 12.0. The van der Waals surface area contributed by atoms with Crippen molar-refractivity contribution in [1.82, 2.24) is 4.98 Å². The second-order valence-electron chi connectivity index (χ2n) is 5.63. The number of carbonyl (C=O) groups is 1. The molecule has 4 nitrogen and oxygen atoms in total. The summed E-state index contributed by atoms with van der Waals surface area (Å²) in [4.78, 5) is 16.5. The maximum absolute atomic E-state index is 13.5. The summed E-state index contributed by atoms with van der Waals surface area (Å²) in [5.74, 6) is -0.460. The Morgan fingerprint density at radius 3 is 2.79 bits per heavy atom. The van der Waals surface area contributed by atoms with E-state index in [1.165, 1.54) is 23.5 Å². The Bertz CT molecular complexity index is 876. The summed E-state index contributed by atoms with van der Waals surface area (Å²) < 4.78 is 19.7. The fourth-order valence-electron chi connectivity index (χ4n) is 2.35. The van der Waals surface area contributed by atoms with Crippen LogP contribution in [0.15, 0.2) is 42.5 Å². The van der Waals surface area contributed by atoms with E-state index in [0.29, 0.717) is 11.0 Å². The number of thiazole rings is 1. The molecule has 124 valence electrons. The van der Waals surface area contributed by atoms with E-state index >= 15 is 0 Å². The van der Waals surface area contributed by atoms with E-state index in [9.17, 15) is 9.18 Å². The van der Waals surface area contributed by atoms with Crippen molar-refractivity contribution in [3.8, 4) is 5.75 Å². The van der Waals surface area contributed by atoms with Crippen molar-refractivity contribution in [2.24, 2.45) is 0 Å². The molecule has 3 rings (SSSR count). The Kier molecular flexibility index (Phi) is 4.76. The van der Waals surface area contributed by atoms with Crippen LogP contribution in [0.2, 0.25) is 0 Å². The lowest BCUT2D eigenvalue weighted by Crippen LogP contribution is -2.20. The van der Waals surface area contributed by atoms with Crippen LogP contribution in [0.5, 0.6) is 5.75 Å². The second kappa shape index (κ2) is 6.97. The van der Waals surface area contributed by atoms with Gasteiger partial charge in [0.2, 0.25) is 0 Å². The van der Waals surface area contributed by atoms with Crippen LogP contribution in [0, 0.1) is 5.82 Å². The van der Waals surface area contributed by atoms with Crippen molar-refractivity contribution in [3.05, 3.63) is 53.8 Å². The molecular formula is C18H17FN2O2S. The lowest BCUT2D eigenvalue weighted by molar-refractivity contribution is -0.118. The molecule has 3 aromatic rings. The predicted octanol–water partition coefficient (Wildman–Crippen LogP) is 4.58. The van der Waals surface area contributed by atoms with Gasteiger partial charge in [0.25, 0.3) is 5.91 Å². The van der Waals surface area contributed by atoms with Gasteiger partial charge in [-0.25, -0.2) is 9.37 Å². The summed E-state index contributed by atoms with van der Waals surface area (Å²) in [6.45, 7) is 3.94. The van der Waals surface area contributed by atoms with Gasteiger partial charge in [0, 0.05) is 0 Å². The number of carbonyl (C=O) groups excluding carboxylic acids is 1. The highest BCUT2D eigenvalue weighted by atomic mass is 32.1. The molecule has 2 aromatic carbocycles. The van der Waals surface area contributed by atoms with Crippen LogP contribution in [0.4, 0.5) is 9.52 Å². The Morgan fingerprint density at radius 2 is 2.04 bits per heavy atom. The molecule has 0 saturated carbocycles. The summed E-state index contributed by atoms with van der Waals surface area (Å²) in [7, 11) is 0. The van der Waals surface area contributed by atoms with Gasteiger partial charge >= 0.3 is 0 Å². The number of amides is 1. The van der Waals surface area contributed by atoms with E-state index < -0.39 is 5.82 Å². The Hall–Kier alpha value is -2.47. The molecule has 24 heavy (non-hydrogen) atoms. The van der Waals surface area contributed by atoms with Crippen molar-refractivity contribution in [1.29, 1.82) is 0 Å². The van der Waals surface area contributed by atoms with E-state index in [4.69, 9.17) is 4.74 Å². The zero-order valence-electron chi connectivity index (χ0n) is 13.4. The molecule has 0 aliphatic carbocycles. The fourth-order valence-corrected chi connectivity index (χ4v) is 3.27. The van der Waals surface area contributed by atoms with Crippen molar-refractivity contribution in [2.75, 3.05) is 11.9 Å². The normalized spacial score (nSPS) is 11.0. The number of halogens is 1. The van der Waals surface area contributed by atoms with Gasteiger partial charge < -0.3 is 4.74 Å². The molecule has 0 aliphatic heterocycles. The third-order valence-corrected chi connectivity index (χ3v) is 4.45. The first kappa shape index (κ1) is 16.4. The molecule has 1 amide bonds.